The van der Waals surface area contributed by atoms with Crippen LogP contribution in [0.5, 0.6) is 11.5 Å². The molecule has 0 saturated carbocycles. The van der Waals surface area contributed by atoms with Crippen LogP contribution in [0.3, 0.4) is 0 Å². The summed E-state index contributed by atoms with van der Waals surface area (Å²) in [5.41, 5.74) is 13.9. The number of aromatic nitrogens is 4. The van der Waals surface area contributed by atoms with Crippen molar-refractivity contribution in [3.63, 3.8) is 0 Å². The summed E-state index contributed by atoms with van der Waals surface area (Å²) < 4.78 is 11.0. The predicted molar refractivity (Wildman–Crippen MR) is 216 cm³/mol. The largest absolute Gasteiger partial charge is 2.00 e. The average Bonchev–Trinajstić information content (AvgIpc) is 3.60. The molecule has 0 bridgehead atoms. The van der Waals surface area contributed by atoms with Crippen LogP contribution >= 0.6 is 0 Å². The van der Waals surface area contributed by atoms with E-state index in [2.05, 4.69) is 157 Å². The van der Waals surface area contributed by atoms with Crippen LogP contribution in [0.4, 0.5) is 0 Å². The van der Waals surface area contributed by atoms with E-state index < -0.39 is 0 Å². The van der Waals surface area contributed by atoms with Gasteiger partial charge in [0.15, 0.2) is 0 Å². The summed E-state index contributed by atoms with van der Waals surface area (Å²) in [7, 11) is 0. The number of ether oxygens (including phenoxy) is 1. The zero-order valence-electron chi connectivity index (χ0n) is 32.7. The zero-order valence-corrected chi connectivity index (χ0v) is 34.9. The number of aryl methyl sites for hydroxylation is 4. The van der Waals surface area contributed by atoms with Crippen molar-refractivity contribution < 1.29 is 25.8 Å². The van der Waals surface area contributed by atoms with Crippen LogP contribution in [-0.4, -0.2) is 19.3 Å². The SMILES string of the molecule is Cc1cc(C)c(-c2c(C)nn(-c3[c-]c(Oc4[c-]c5c(cc4)c4ccccc4n5-c4cc(C(C)C)ccn4)cc(C(C)C)c3)c2CCC(C)C)c(C)c1.[Pt+2]. The summed E-state index contributed by atoms with van der Waals surface area (Å²) in [6.45, 7) is 22.2. The van der Waals surface area contributed by atoms with Crippen molar-refractivity contribution in [2.24, 2.45) is 5.92 Å². The van der Waals surface area contributed by atoms with Crippen molar-refractivity contribution in [3.8, 4) is 34.1 Å². The van der Waals surface area contributed by atoms with E-state index in [1.54, 1.807) is 0 Å². The van der Waals surface area contributed by atoms with Gasteiger partial charge >= 0.3 is 21.1 Å². The Labute approximate surface area is 329 Å². The third-order valence-electron chi connectivity index (χ3n) is 10.2. The Morgan fingerprint density at radius 2 is 1.43 bits per heavy atom. The zero-order chi connectivity index (χ0) is 36.8. The number of rotatable bonds is 10. The Bertz CT molecular complexity index is 2410. The monoisotopic (exact) mass is 881 g/mol. The first-order valence-electron chi connectivity index (χ1n) is 18.7. The van der Waals surface area contributed by atoms with Crippen LogP contribution in [0, 0.1) is 45.7 Å². The fourth-order valence-corrected chi connectivity index (χ4v) is 7.59. The molecule has 0 aliphatic heterocycles. The van der Waals surface area contributed by atoms with Gasteiger partial charge < -0.3 is 9.30 Å². The molecule has 53 heavy (non-hydrogen) atoms. The number of para-hydroxylation sites is 1. The summed E-state index contributed by atoms with van der Waals surface area (Å²) in [6, 6.07) is 33.1. The molecule has 7 aromatic rings. The maximum absolute atomic E-state index is 6.71. The first-order valence-corrected chi connectivity index (χ1v) is 18.7. The molecule has 0 atom stereocenters. The number of pyridine rings is 1. The van der Waals surface area contributed by atoms with Gasteiger partial charge in [-0.2, -0.15) is 11.2 Å². The quantitative estimate of drug-likeness (QED) is 0.129. The Morgan fingerprint density at radius 3 is 2.13 bits per heavy atom. The Balaban J connectivity index is 0.00000481. The van der Waals surface area contributed by atoms with Crippen LogP contribution in [0.15, 0.2) is 79.0 Å². The third kappa shape index (κ3) is 7.51. The third-order valence-corrected chi connectivity index (χ3v) is 10.2. The van der Waals surface area contributed by atoms with E-state index in [0.717, 1.165) is 51.8 Å². The van der Waals surface area contributed by atoms with E-state index in [1.165, 1.54) is 44.6 Å². The van der Waals surface area contributed by atoms with Gasteiger partial charge in [-0.05, 0) is 110 Å². The van der Waals surface area contributed by atoms with Crippen LogP contribution in [0.1, 0.15) is 99.0 Å². The molecule has 0 fully saturated rings. The van der Waals surface area contributed by atoms with E-state index in [4.69, 9.17) is 14.8 Å². The second-order valence-corrected chi connectivity index (χ2v) is 15.5. The minimum atomic E-state index is 0. The molecule has 0 amide bonds. The van der Waals surface area contributed by atoms with Crippen molar-refractivity contribution in [1.29, 1.82) is 0 Å². The van der Waals surface area contributed by atoms with Crippen molar-refractivity contribution in [2.75, 3.05) is 0 Å². The molecule has 6 heteroatoms. The topological polar surface area (TPSA) is 44.9 Å². The van der Waals surface area contributed by atoms with Gasteiger partial charge in [-0.1, -0.05) is 83.0 Å². The van der Waals surface area contributed by atoms with E-state index in [1.807, 2.05) is 12.3 Å². The van der Waals surface area contributed by atoms with Crippen LogP contribution in [0.25, 0.3) is 44.4 Å². The number of nitrogens with zero attached hydrogens (tertiary/aromatic N) is 4. The smallest absolute Gasteiger partial charge is 0.509 e. The molecule has 0 aliphatic carbocycles. The maximum atomic E-state index is 6.71. The standard InChI is InChI=1S/C47H50N4O.Pt/c1-28(2)15-18-43-47(46-32(8)21-31(7)22-33(46)9)34(10)49-51(43)37-23-36(30(5)6)24-39(26-37)52-38-16-17-41-40-13-11-12-14-42(40)50(44(41)27-38)45-25-35(29(3)4)19-20-48-45;/h11-14,16-17,19-25,28-30H,15,18H2,1-10H3;/q-2;+2. The number of hydrogen-bond acceptors (Lipinski definition) is 3. The number of benzene rings is 4. The number of hydrogen-bond donors (Lipinski definition) is 0. The fraction of sp³-hybridized carbons (Fsp3) is 0.319. The normalized spacial score (nSPS) is 11.7. The van der Waals surface area contributed by atoms with E-state index in [0.29, 0.717) is 23.3 Å². The van der Waals surface area contributed by atoms with Crippen molar-refractivity contribution in [1.82, 2.24) is 19.3 Å². The summed E-state index contributed by atoms with van der Waals surface area (Å²) in [5, 5.41) is 7.50. The Kier molecular flexibility index (Phi) is 11.2. The fourth-order valence-electron chi connectivity index (χ4n) is 7.59. The molecule has 0 saturated heterocycles. The van der Waals surface area contributed by atoms with Crippen molar-refractivity contribution in [3.05, 3.63) is 130 Å². The Hall–Kier alpha value is -4.47. The second-order valence-electron chi connectivity index (χ2n) is 15.5. The maximum Gasteiger partial charge on any atom is 2.00 e. The van der Waals surface area contributed by atoms with E-state index in [-0.39, 0.29) is 27.0 Å². The second kappa shape index (κ2) is 15.5. The summed E-state index contributed by atoms with van der Waals surface area (Å²) in [5.74, 6) is 3.38. The molecular formula is C47H50N4OPt. The summed E-state index contributed by atoms with van der Waals surface area (Å²) in [4.78, 5) is 4.82. The molecule has 3 heterocycles. The van der Waals surface area contributed by atoms with Crippen LogP contribution < -0.4 is 4.74 Å². The van der Waals surface area contributed by atoms with E-state index in [9.17, 15) is 0 Å². The molecule has 0 unspecified atom stereocenters. The Morgan fingerprint density at radius 1 is 0.717 bits per heavy atom. The van der Waals surface area contributed by atoms with Crippen LogP contribution in [0.2, 0.25) is 0 Å². The molecular weight excluding hydrogens is 832 g/mol. The van der Waals surface area contributed by atoms with E-state index >= 15 is 0 Å². The van der Waals surface area contributed by atoms with Crippen molar-refractivity contribution >= 4 is 21.8 Å². The summed E-state index contributed by atoms with van der Waals surface area (Å²) >= 11 is 0. The van der Waals surface area contributed by atoms with Gasteiger partial charge in [0.25, 0.3) is 0 Å². The first-order chi connectivity index (χ1) is 24.9. The first kappa shape index (κ1) is 38.3. The van der Waals surface area contributed by atoms with Crippen molar-refractivity contribution in [2.45, 2.75) is 93.9 Å². The van der Waals surface area contributed by atoms with Crippen LogP contribution in [-0.2, 0) is 27.5 Å². The molecule has 0 N–H and O–H groups in total. The van der Waals surface area contributed by atoms with Gasteiger partial charge in [0, 0.05) is 34.5 Å². The molecule has 5 nitrogen and oxygen atoms in total. The average molecular weight is 882 g/mol. The molecule has 0 spiro atoms. The number of fused-ring (bicyclic) bond motifs is 3. The molecule has 3 aromatic heterocycles. The van der Waals surface area contributed by atoms with Gasteiger partial charge in [-0.25, -0.2) is 4.98 Å². The molecule has 274 valence electrons. The minimum Gasteiger partial charge on any atom is -0.509 e. The molecule has 0 aliphatic rings. The van der Waals surface area contributed by atoms with Gasteiger partial charge in [0.05, 0.1) is 5.69 Å². The van der Waals surface area contributed by atoms with Gasteiger partial charge in [0.2, 0.25) is 0 Å². The minimum absolute atomic E-state index is 0. The molecule has 7 rings (SSSR count). The van der Waals surface area contributed by atoms with Gasteiger partial charge in [0.1, 0.15) is 5.82 Å². The van der Waals surface area contributed by atoms with Gasteiger partial charge in [-0.3, -0.25) is 4.68 Å². The molecule has 0 radical (unpaired) electrons. The van der Waals surface area contributed by atoms with Gasteiger partial charge in [-0.15, -0.1) is 41.3 Å². The molecule has 4 aromatic carbocycles. The summed E-state index contributed by atoms with van der Waals surface area (Å²) in [6.07, 6.45) is 3.88. The predicted octanol–water partition coefficient (Wildman–Crippen LogP) is 12.5.